The first-order valence-corrected chi connectivity index (χ1v) is 21.9. The summed E-state index contributed by atoms with van der Waals surface area (Å²) < 4.78 is 11.8. The lowest BCUT2D eigenvalue weighted by atomic mass is 9.43. The van der Waals surface area contributed by atoms with E-state index in [0.29, 0.717) is 0 Å². The van der Waals surface area contributed by atoms with Gasteiger partial charge in [-0.15, -0.1) is 11.3 Å². The molecule has 0 unspecified atom stereocenters. The zero-order chi connectivity index (χ0) is 40.5. The van der Waals surface area contributed by atoms with Crippen molar-refractivity contribution in [2.45, 2.75) is 78.6 Å². The molecule has 10 aromatic rings. The van der Waals surface area contributed by atoms with E-state index in [1.807, 2.05) is 11.3 Å². The molecule has 0 bridgehead atoms. The van der Waals surface area contributed by atoms with Gasteiger partial charge in [0.25, 0.3) is 0 Å². The van der Waals surface area contributed by atoms with Gasteiger partial charge in [0.15, 0.2) is 0 Å². The van der Waals surface area contributed by atoms with Crippen molar-refractivity contribution in [1.29, 1.82) is 0 Å². The third-order valence-corrected chi connectivity index (χ3v) is 14.6. The van der Waals surface area contributed by atoms with Gasteiger partial charge in [-0.3, -0.25) is 0 Å². The lowest BCUT2D eigenvalue weighted by Crippen LogP contribution is -2.60. The molecule has 3 nitrogen and oxygen atoms in total. The Morgan fingerprint density at radius 3 is 1.93 bits per heavy atom. The second-order valence-corrected chi connectivity index (χ2v) is 21.3. The number of hydrogen-bond donors (Lipinski definition) is 0. The number of rotatable bonds is 1. The highest BCUT2D eigenvalue weighted by Gasteiger charge is 2.44. The van der Waals surface area contributed by atoms with E-state index >= 15 is 0 Å². The molecule has 0 aliphatic carbocycles. The summed E-state index contributed by atoms with van der Waals surface area (Å²) >= 11 is 1.93. The van der Waals surface area contributed by atoms with Crippen LogP contribution in [0.3, 0.4) is 0 Å². The summed E-state index contributed by atoms with van der Waals surface area (Å²) in [6, 6.07) is 46.8. The summed E-state index contributed by atoms with van der Waals surface area (Å²) in [5, 5.41) is 7.46. The van der Waals surface area contributed by atoms with E-state index in [1.165, 1.54) is 97.8 Å². The van der Waals surface area contributed by atoms with Gasteiger partial charge >= 0.3 is 6.85 Å². The standard InChI is InChI=1S/C54H47BN2OS/c1-52(2,3)30-14-18-33(19-15-30)57-45-27-41-35-20-16-32(54(7,8)9)25-48(35)59-49(41)29-39(45)36-21-22-37-38-28-47-40(34-12-10-11-13-46(34)58-47)26-44(38)56-43-23-17-31(53(4,5)6)24-42(43)55(57)50(36)51(37)56/h10-29H,1-9H3. The Bertz CT molecular complexity index is 3450. The SMILES string of the molecule is CC(C)(C)c1ccc(N2B3c4cc(C(C)(C)C)ccc4-n4c5cc6c(cc5c5ccc(c3c54)-c3cc4sc5cc(C(C)(C)C)ccc5c4cc32)oc2ccccc26)cc1. The molecule has 2 aliphatic heterocycles. The number of thiophene rings is 1. The van der Waals surface area contributed by atoms with E-state index < -0.39 is 0 Å². The Labute approximate surface area is 350 Å². The van der Waals surface area contributed by atoms with Gasteiger partial charge in [-0.2, -0.15) is 0 Å². The molecular weight excluding hydrogens is 735 g/mol. The molecule has 2 aliphatic rings. The number of benzene rings is 7. The summed E-state index contributed by atoms with van der Waals surface area (Å²) in [4.78, 5) is 2.68. The summed E-state index contributed by atoms with van der Waals surface area (Å²) in [5.74, 6) is 0. The number of hydrogen-bond acceptors (Lipinski definition) is 3. The predicted molar refractivity (Wildman–Crippen MR) is 256 cm³/mol. The third kappa shape index (κ3) is 4.88. The van der Waals surface area contributed by atoms with E-state index in [2.05, 4.69) is 193 Å². The highest BCUT2D eigenvalue weighted by Crippen LogP contribution is 2.50. The molecule has 0 atom stereocenters. The molecule has 0 radical (unpaired) electrons. The lowest BCUT2D eigenvalue weighted by molar-refractivity contribution is 0.590. The van der Waals surface area contributed by atoms with Gasteiger partial charge in [0.05, 0.1) is 11.0 Å². The number of anilines is 2. The van der Waals surface area contributed by atoms with Crippen LogP contribution in [0.4, 0.5) is 11.4 Å². The summed E-state index contributed by atoms with van der Waals surface area (Å²) in [7, 11) is 0. The maximum absolute atomic E-state index is 6.53. The molecule has 5 heterocycles. The Balaban J connectivity index is 1.23. The number of fused-ring (bicyclic) bond motifs is 14. The Morgan fingerprint density at radius 2 is 1.17 bits per heavy atom. The first-order chi connectivity index (χ1) is 28.1. The molecule has 0 fully saturated rings. The summed E-state index contributed by atoms with van der Waals surface area (Å²) in [5.41, 5.74) is 17.6. The van der Waals surface area contributed by atoms with E-state index in [4.69, 9.17) is 4.42 Å². The van der Waals surface area contributed by atoms with Crippen molar-refractivity contribution in [3.63, 3.8) is 0 Å². The van der Waals surface area contributed by atoms with Crippen LogP contribution in [0.25, 0.3) is 80.7 Å². The molecule has 0 N–H and O–H groups in total. The minimum absolute atomic E-state index is 0.0236. The quantitative estimate of drug-likeness (QED) is 0.155. The third-order valence-electron chi connectivity index (χ3n) is 13.4. The average molecular weight is 783 g/mol. The monoisotopic (exact) mass is 782 g/mol. The van der Waals surface area contributed by atoms with Crippen molar-refractivity contribution < 1.29 is 4.42 Å². The molecule has 288 valence electrons. The second kappa shape index (κ2) is 11.5. The molecule has 0 spiro atoms. The van der Waals surface area contributed by atoms with Crippen molar-refractivity contribution in [3.05, 3.63) is 138 Å². The van der Waals surface area contributed by atoms with E-state index in [-0.39, 0.29) is 23.1 Å². The number of furan rings is 1. The summed E-state index contributed by atoms with van der Waals surface area (Å²) in [6.07, 6.45) is 0. The van der Waals surface area contributed by atoms with Crippen LogP contribution in [0.5, 0.6) is 0 Å². The van der Waals surface area contributed by atoms with Crippen molar-refractivity contribution in [3.8, 4) is 16.8 Å². The van der Waals surface area contributed by atoms with Crippen LogP contribution in [-0.2, 0) is 16.2 Å². The minimum Gasteiger partial charge on any atom is -0.456 e. The van der Waals surface area contributed by atoms with Gasteiger partial charge in [-0.25, -0.2) is 0 Å². The minimum atomic E-state index is -0.0468. The Hall–Kier alpha value is -5.78. The predicted octanol–water partition coefficient (Wildman–Crippen LogP) is 14.2. The van der Waals surface area contributed by atoms with E-state index in [0.717, 1.165) is 21.9 Å². The van der Waals surface area contributed by atoms with Crippen molar-refractivity contribution in [2.24, 2.45) is 0 Å². The fourth-order valence-electron chi connectivity index (χ4n) is 10.2. The summed E-state index contributed by atoms with van der Waals surface area (Å²) in [6.45, 7) is 20.8. The molecule has 3 aromatic heterocycles. The topological polar surface area (TPSA) is 21.3 Å². The van der Waals surface area contributed by atoms with Crippen LogP contribution in [0.15, 0.2) is 126 Å². The second-order valence-electron chi connectivity index (χ2n) is 20.2. The maximum atomic E-state index is 6.53. The molecule has 7 aromatic carbocycles. The zero-order valence-corrected chi connectivity index (χ0v) is 36.2. The average Bonchev–Trinajstić information content (AvgIpc) is 3.86. The van der Waals surface area contributed by atoms with Crippen LogP contribution in [-0.4, -0.2) is 11.4 Å². The number of para-hydroxylation sites is 1. The lowest BCUT2D eigenvalue weighted by Gasteiger charge is -2.42. The highest BCUT2D eigenvalue weighted by molar-refractivity contribution is 7.25. The molecular formula is C54H47BN2OS. The van der Waals surface area contributed by atoms with Gasteiger partial charge in [0, 0.05) is 64.3 Å². The van der Waals surface area contributed by atoms with Crippen molar-refractivity contribution >= 4 is 104 Å². The van der Waals surface area contributed by atoms with Crippen molar-refractivity contribution in [1.82, 2.24) is 4.57 Å². The fourth-order valence-corrected chi connectivity index (χ4v) is 11.4. The van der Waals surface area contributed by atoms with E-state index in [9.17, 15) is 0 Å². The largest absolute Gasteiger partial charge is 0.456 e. The first kappa shape index (κ1) is 35.2. The van der Waals surface area contributed by atoms with Crippen LogP contribution in [0, 0.1) is 0 Å². The van der Waals surface area contributed by atoms with Gasteiger partial charge in [0.1, 0.15) is 11.2 Å². The number of aromatic nitrogens is 1. The van der Waals surface area contributed by atoms with Gasteiger partial charge in [0.2, 0.25) is 0 Å². The van der Waals surface area contributed by atoms with Gasteiger partial charge in [-0.1, -0.05) is 129 Å². The van der Waals surface area contributed by atoms with Crippen LogP contribution < -0.4 is 15.7 Å². The molecule has 59 heavy (non-hydrogen) atoms. The smallest absolute Gasteiger partial charge is 0.333 e. The van der Waals surface area contributed by atoms with Crippen LogP contribution in [0.2, 0.25) is 0 Å². The molecule has 5 heteroatoms. The molecule has 12 rings (SSSR count). The first-order valence-electron chi connectivity index (χ1n) is 21.1. The van der Waals surface area contributed by atoms with Gasteiger partial charge < -0.3 is 13.8 Å². The van der Waals surface area contributed by atoms with Gasteiger partial charge in [-0.05, 0) is 104 Å². The zero-order valence-electron chi connectivity index (χ0n) is 35.3. The Morgan fingerprint density at radius 1 is 0.492 bits per heavy atom. The van der Waals surface area contributed by atoms with Crippen LogP contribution in [0.1, 0.15) is 79.0 Å². The molecule has 0 amide bonds. The fraction of sp³-hybridized carbons (Fsp3) is 0.222. The number of nitrogens with zero attached hydrogens (tertiary/aromatic N) is 2. The van der Waals surface area contributed by atoms with Crippen molar-refractivity contribution in [2.75, 3.05) is 4.81 Å². The van der Waals surface area contributed by atoms with E-state index in [1.54, 1.807) is 0 Å². The molecule has 0 saturated heterocycles. The normalized spacial score (nSPS) is 14.1. The maximum Gasteiger partial charge on any atom is 0.333 e. The molecule has 0 saturated carbocycles. The Kier molecular flexibility index (Phi) is 6.85. The van der Waals surface area contributed by atoms with Crippen LogP contribution >= 0.6 is 11.3 Å². The highest BCUT2D eigenvalue weighted by atomic mass is 32.1.